The lowest BCUT2D eigenvalue weighted by Crippen LogP contribution is -2.41. The lowest BCUT2D eigenvalue weighted by Gasteiger charge is -2.37. The summed E-state index contributed by atoms with van der Waals surface area (Å²) >= 11 is 1.88. The van der Waals surface area contributed by atoms with Gasteiger partial charge >= 0.3 is 0 Å². The molecule has 1 N–H and O–H groups in total. The zero-order valence-electron chi connectivity index (χ0n) is 24.8. The lowest BCUT2D eigenvalue weighted by atomic mass is 10.0. The highest BCUT2D eigenvalue weighted by Gasteiger charge is 2.25. The molecule has 1 aromatic heterocycles. The summed E-state index contributed by atoms with van der Waals surface area (Å²) in [7, 11) is 0. The third-order valence-corrected chi connectivity index (χ3v) is 8.84. The Kier molecular flexibility index (Phi) is 10.3. The fraction of sp³-hybridized carbons (Fsp3) is 0.324. The molecule has 222 valence electrons. The Morgan fingerprint density at radius 1 is 1.00 bits per heavy atom. The highest BCUT2D eigenvalue weighted by molar-refractivity contribution is 7.99. The molecule has 42 heavy (non-hydrogen) atoms. The Labute approximate surface area is 258 Å². The van der Waals surface area contributed by atoms with Crippen molar-refractivity contribution in [3.05, 3.63) is 93.9 Å². The van der Waals surface area contributed by atoms with E-state index in [4.69, 9.17) is 9.15 Å². The van der Waals surface area contributed by atoms with E-state index in [9.17, 15) is 9.90 Å². The fourth-order valence-electron chi connectivity index (χ4n) is 5.50. The summed E-state index contributed by atoms with van der Waals surface area (Å²) in [5, 5.41) is 10.5. The number of benzene rings is 3. The quantitative estimate of drug-likeness (QED) is 0.230. The first kappa shape index (κ1) is 31.5. The van der Waals surface area contributed by atoms with E-state index in [1.165, 1.54) is 27.2 Å². The van der Waals surface area contributed by atoms with E-state index in [0.29, 0.717) is 41.7 Å². The molecule has 0 saturated heterocycles. The Bertz CT molecular complexity index is 1600. The van der Waals surface area contributed by atoms with Crippen LogP contribution in [0, 0.1) is 6.92 Å². The van der Waals surface area contributed by atoms with Crippen molar-refractivity contribution in [1.29, 1.82) is 0 Å². The van der Waals surface area contributed by atoms with E-state index < -0.39 is 0 Å². The van der Waals surface area contributed by atoms with Crippen LogP contribution in [0.2, 0.25) is 0 Å². The molecule has 2 aliphatic rings. The molecule has 0 bridgehead atoms. The number of hydrogen-bond acceptors (Lipinski definition) is 7. The van der Waals surface area contributed by atoms with Crippen LogP contribution in [-0.2, 0) is 6.42 Å². The number of halogens is 1. The number of hydrogen-bond donors (Lipinski definition) is 1. The van der Waals surface area contributed by atoms with Crippen molar-refractivity contribution >= 4 is 46.5 Å². The number of rotatable bonds is 5. The second kappa shape index (κ2) is 13.7. The Balaban J connectivity index is 0.000000190. The zero-order chi connectivity index (χ0) is 29.1. The van der Waals surface area contributed by atoms with Crippen LogP contribution in [0.5, 0.6) is 11.5 Å². The normalized spacial score (nSPS) is 14.2. The number of aromatic hydroxyl groups is 1. The lowest BCUT2D eigenvalue weighted by molar-refractivity contribution is 0.236. The molecule has 0 saturated carbocycles. The second-order valence-corrected chi connectivity index (χ2v) is 11.6. The predicted octanol–water partition coefficient (Wildman–Crippen LogP) is 8.13. The van der Waals surface area contributed by atoms with Crippen LogP contribution in [0.3, 0.4) is 0 Å². The monoisotopic (exact) mass is 606 g/mol. The highest BCUT2D eigenvalue weighted by Crippen LogP contribution is 2.48. The maximum atomic E-state index is 12.0. The van der Waals surface area contributed by atoms with Crippen LogP contribution < -0.4 is 15.1 Å². The average Bonchev–Trinajstić information content (AvgIpc) is 3.15. The van der Waals surface area contributed by atoms with Gasteiger partial charge in [-0.1, -0.05) is 56.0 Å². The van der Waals surface area contributed by atoms with E-state index in [1.807, 2.05) is 24.8 Å². The van der Waals surface area contributed by atoms with Crippen molar-refractivity contribution in [3.63, 3.8) is 0 Å². The third-order valence-electron chi connectivity index (χ3n) is 7.70. The van der Waals surface area contributed by atoms with Crippen LogP contribution in [0.25, 0.3) is 11.0 Å². The van der Waals surface area contributed by atoms with E-state index >= 15 is 0 Å². The molecule has 0 amide bonds. The minimum atomic E-state index is -0.232. The van der Waals surface area contributed by atoms with Crippen molar-refractivity contribution in [2.75, 3.05) is 31.1 Å². The van der Waals surface area contributed by atoms with Gasteiger partial charge in [0.2, 0.25) is 0 Å². The first-order valence-corrected chi connectivity index (χ1v) is 15.1. The Morgan fingerprint density at radius 2 is 1.62 bits per heavy atom. The Hall–Kier alpha value is -3.39. The summed E-state index contributed by atoms with van der Waals surface area (Å²) in [5.41, 5.74) is 4.54. The second-order valence-electron chi connectivity index (χ2n) is 10.6. The van der Waals surface area contributed by atoms with Crippen molar-refractivity contribution in [2.45, 2.75) is 56.9 Å². The van der Waals surface area contributed by atoms with Gasteiger partial charge in [-0.2, -0.15) is 0 Å². The predicted molar refractivity (Wildman–Crippen MR) is 175 cm³/mol. The van der Waals surface area contributed by atoms with E-state index in [0.717, 1.165) is 25.2 Å². The van der Waals surface area contributed by atoms with Crippen molar-refractivity contribution in [2.24, 2.45) is 0 Å². The van der Waals surface area contributed by atoms with Gasteiger partial charge in [0.25, 0.3) is 0 Å². The first-order chi connectivity index (χ1) is 19.8. The molecule has 3 heterocycles. The summed E-state index contributed by atoms with van der Waals surface area (Å²) in [4.78, 5) is 19.7. The summed E-state index contributed by atoms with van der Waals surface area (Å²) in [6.45, 7) is 14.2. The zero-order valence-corrected chi connectivity index (χ0v) is 26.5. The number of para-hydroxylation sites is 2. The summed E-state index contributed by atoms with van der Waals surface area (Å²) in [6.07, 6.45) is 2.55. The van der Waals surface area contributed by atoms with E-state index in [1.54, 1.807) is 13.0 Å². The van der Waals surface area contributed by atoms with Gasteiger partial charge in [-0.15, -0.1) is 12.4 Å². The van der Waals surface area contributed by atoms with Crippen molar-refractivity contribution in [3.8, 4) is 11.5 Å². The van der Waals surface area contributed by atoms with Gasteiger partial charge in [0, 0.05) is 40.1 Å². The smallest absolute Gasteiger partial charge is 0.196 e. The van der Waals surface area contributed by atoms with Gasteiger partial charge in [-0.25, -0.2) is 0 Å². The maximum absolute atomic E-state index is 12.0. The van der Waals surface area contributed by atoms with Gasteiger partial charge in [0.1, 0.15) is 34.8 Å². The van der Waals surface area contributed by atoms with Crippen LogP contribution in [-0.4, -0.2) is 42.3 Å². The summed E-state index contributed by atoms with van der Waals surface area (Å²) in [6, 6.07) is 21.1. The molecule has 4 aromatic rings. The number of anilines is 2. The molecule has 1 atom stereocenters. The molecular weight excluding hydrogens is 568 g/mol. The minimum absolute atomic E-state index is 0. The molecule has 3 aromatic carbocycles. The van der Waals surface area contributed by atoms with Crippen LogP contribution in [0.4, 0.5) is 11.4 Å². The average molecular weight is 607 g/mol. The Morgan fingerprint density at radius 3 is 2.24 bits per heavy atom. The SMILES string of the molecule is CC1=CCc2c(cc3oc(C)cc(=O)c3c2O)OC1.CCN(CC)C(C)CN1c2ccccc2Sc2ccccc21.Cl. The topological polar surface area (TPSA) is 66.2 Å². The van der Waals surface area contributed by atoms with Crippen molar-refractivity contribution in [1.82, 2.24) is 4.90 Å². The van der Waals surface area contributed by atoms with Gasteiger partial charge in [-0.3, -0.25) is 9.69 Å². The van der Waals surface area contributed by atoms with Gasteiger partial charge in [-0.05, 0) is 70.1 Å². The summed E-state index contributed by atoms with van der Waals surface area (Å²) < 4.78 is 11.1. The number of likely N-dealkylation sites (N-methyl/N-ethyl adjacent to an activating group) is 1. The highest BCUT2D eigenvalue weighted by atomic mass is 35.5. The number of allylic oxidation sites excluding steroid dienone is 1. The number of nitrogens with zero attached hydrogens (tertiary/aromatic N) is 2. The molecule has 0 aliphatic carbocycles. The molecule has 6 nitrogen and oxygen atoms in total. The standard InChI is InChI=1S/C19H24N2S.C15H14O4.ClH/c1-4-20(5-2)15(3)14-21-16-10-6-8-12-18(16)22-19-13-9-7-11-17(19)21;1-8-3-4-10-12(18-7-8)6-13-14(15(10)17)11(16)5-9(2)19-13;/h6-13,15H,4-5,14H2,1-3H3;3,5-6,17H,4,7H2,1-2H3;1H. The van der Waals surface area contributed by atoms with Gasteiger partial charge in [0.15, 0.2) is 5.43 Å². The molecule has 2 aliphatic heterocycles. The molecular formula is C34H39ClN2O4S. The number of phenolic OH excluding ortho intramolecular Hbond substituents is 1. The van der Waals surface area contributed by atoms with Crippen molar-refractivity contribution < 1.29 is 14.3 Å². The van der Waals surface area contributed by atoms with Crippen LogP contribution in [0.15, 0.2) is 91.3 Å². The third kappa shape index (κ3) is 6.48. The number of aryl methyl sites for hydroxylation is 1. The molecule has 0 radical (unpaired) electrons. The number of fused-ring (bicyclic) bond motifs is 4. The molecule has 6 rings (SSSR count). The number of phenols is 1. The molecule has 0 spiro atoms. The minimum Gasteiger partial charge on any atom is -0.507 e. The largest absolute Gasteiger partial charge is 0.507 e. The van der Waals surface area contributed by atoms with Crippen LogP contribution in [0.1, 0.15) is 39.0 Å². The van der Waals surface area contributed by atoms with Gasteiger partial charge < -0.3 is 19.2 Å². The first-order valence-electron chi connectivity index (χ1n) is 14.3. The summed E-state index contributed by atoms with van der Waals surface area (Å²) in [5.74, 6) is 1.05. The molecule has 0 fully saturated rings. The van der Waals surface area contributed by atoms with Gasteiger partial charge in [0.05, 0.1) is 11.4 Å². The number of ether oxygens (including phenoxy) is 1. The van der Waals surface area contributed by atoms with E-state index in [-0.39, 0.29) is 29.0 Å². The van der Waals surface area contributed by atoms with E-state index in [2.05, 4.69) is 79.1 Å². The fourth-order valence-corrected chi connectivity index (χ4v) is 6.59. The van der Waals surface area contributed by atoms with Crippen LogP contribution >= 0.6 is 24.2 Å². The molecule has 8 heteroatoms. The maximum Gasteiger partial charge on any atom is 0.196 e. The molecule has 1 unspecified atom stereocenters.